The summed E-state index contributed by atoms with van der Waals surface area (Å²) >= 11 is 9.88. The highest BCUT2D eigenvalue weighted by atomic mass is 79.9. The highest BCUT2D eigenvalue weighted by Crippen LogP contribution is 2.42. The van der Waals surface area contributed by atoms with Gasteiger partial charge in [0.1, 0.15) is 24.5 Å². The molecule has 1 fully saturated rings. The summed E-state index contributed by atoms with van der Waals surface area (Å²) in [6.07, 6.45) is -0.348. The summed E-state index contributed by atoms with van der Waals surface area (Å²) < 4.78 is 13.5. The van der Waals surface area contributed by atoms with Crippen LogP contribution >= 0.6 is 27.5 Å². The Labute approximate surface area is 197 Å². The van der Waals surface area contributed by atoms with Gasteiger partial charge >= 0.3 is 11.8 Å². The summed E-state index contributed by atoms with van der Waals surface area (Å²) in [6.45, 7) is 3.03. The van der Waals surface area contributed by atoms with Crippen molar-refractivity contribution >= 4 is 50.3 Å². The summed E-state index contributed by atoms with van der Waals surface area (Å²) in [5.74, 6) is 1.11. The van der Waals surface area contributed by atoms with Crippen molar-refractivity contribution in [3.8, 4) is 5.75 Å². The number of piperazine rings is 1. The van der Waals surface area contributed by atoms with Crippen molar-refractivity contribution < 1.29 is 14.3 Å². The number of anilines is 1. The van der Waals surface area contributed by atoms with Crippen molar-refractivity contribution in [1.82, 2.24) is 14.5 Å². The number of benzene rings is 2. The average Bonchev–Trinajstić information content (AvgIpc) is 2.83. The molecule has 0 saturated carbocycles. The van der Waals surface area contributed by atoms with Crippen molar-refractivity contribution in [3.05, 3.63) is 61.9 Å². The summed E-state index contributed by atoms with van der Waals surface area (Å²) in [5.41, 5.74) is 1.31. The fraction of sp³-hybridized carbons (Fsp3) is 0.318. The molecule has 0 N–H and O–H groups in total. The molecule has 0 spiro atoms. The normalized spacial score (nSPS) is 15.6. The number of rotatable bonds is 3. The number of carbonyl (C=O) groups excluding carboxylic acids is 1. The first-order valence-corrected chi connectivity index (χ1v) is 11.5. The third-order valence-electron chi connectivity index (χ3n) is 5.70. The fourth-order valence-corrected chi connectivity index (χ4v) is 4.68. The standard InChI is InChI=1S/C22H20BrClN4O4/c23-17-16(24)12-15-18-19(17)31-11-10-28(18)21(29)25-20(15)26-6-8-27(9-7-26)22(30)32-13-14-4-2-1-3-5-14/h1-5,12H,6-11,13H2. The molecular weight excluding hydrogens is 500 g/mol. The Kier molecular flexibility index (Phi) is 5.69. The van der Waals surface area contributed by atoms with Gasteiger partial charge in [0.15, 0.2) is 5.75 Å². The van der Waals surface area contributed by atoms with Crippen molar-refractivity contribution in [1.29, 1.82) is 0 Å². The van der Waals surface area contributed by atoms with Crippen LogP contribution in [0, 0.1) is 0 Å². The first-order valence-electron chi connectivity index (χ1n) is 10.3. The lowest BCUT2D eigenvalue weighted by Gasteiger charge is -2.35. The van der Waals surface area contributed by atoms with Gasteiger partial charge in [0.25, 0.3) is 0 Å². The van der Waals surface area contributed by atoms with Gasteiger partial charge in [0.2, 0.25) is 0 Å². The second kappa shape index (κ2) is 8.63. The quantitative estimate of drug-likeness (QED) is 0.526. The minimum atomic E-state index is -0.348. The van der Waals surface area contributed by atoms with Crippen LogP contribution in [0.4, 0.5) is 10.6 Å². The maximum absolute atomic E-state index is 12.7. The van der Waals surface area contributed by atoms with Crippen LogP contribution in [-0.4, -0.2) is 53.3 Å². The molecule has 0 bridgehead atoms. The van der Waals surface area contributed by atoms with Crippen LogP contribution in [0.5, 0.6) is 5.75 Å². The molecule has 0 unspecified atom stereocenters. The molecule has 2 aromatic carbocycles. The fourth-order valence-electron chi connectivity index (χ4n) is 4.07. The van der Waals surface area contributed by atoms with Gasteiger partial charge in [-0.05, 0) is 27.6 Å². The number of carbonyl (C=O) groups is 1. The minimum Gasteiger partial charge on any atom is -0.488 e. The highest BCUT2D eigenvalue weighted by molar-refractivity contribution is 9.10. The van der Waals surface area contributed by atoms with E-state index in [-0.39, 0.29) is 18.4 Å². The molecule has 0 atom stereocenters. The van der Waals surface area contributed by atoms with Crippen LogP contribution in [0.2, 0.25) is 5.02 Å². The smallest absolute Gasteiger partial charge is 0.410 e. The first-order chi connectivity index (χ1) is 15.5. The van der Waals surface area contributed by atoms with E-state index >= 15 is 0 Å². The van der Waals surface area contributed by atoms with Gasteiger partial charge < -0.3 is 19.3 Å². The Morgan fingerprint density at radius 1 is 1.16 bits per heavy atom. The third kappa shape index (κ3) is 3.80. The second-order valence-corrected chi connectivity index (χ2v) is 8.83. The van der Waals surface area contributed by atoms with Gasteiger partial charge in [0.05, 0.1) is 16.0 Å². The van der Waals surface area contributed by atoms with E-state index < -0.39 is 0 Å². The van der Waals surface area contributed by atoms with Gasteiger partial charge in [-0.1, -0.05) is 41.9 Å². The Morgan fingerprint density at radius 2 is 1.91 bits per heavy atom. The number of hydrogen-bond donors (Lipinski definition) is 0. The van der Waals surface area contributed by atoms with Gasteiger partial charge in [-0.15, -0.1) is 0 Å². The van der Waals surface area contributed by atoms with Gasteiger partial charge in [0, 0.05) is 31.6 Å². The molecule has 3 aromatic rings. The van der Waals surface area contributed by atoms with E-state index in [1.165, 1.54) is 0 Å². The zero-order valence-electron chi connectivity index (χ0n) is 17.1. The van der Waals surface area contributed by atoms with Crippen molar-refractivity contribution in [2.75, 3.05) is 37.7 Å². The molecule has 8 nitrogen and oxygen atoms in total. The molecule has 1 aromatic heterocycles. The molecular formula is C22H20BrClN4O4. The van der Waals surface area contributed by atoms with E-state index in [0.29, 0.717) is 65.9 Å². The van der Waals surface area contributed by atoms with Crippen molar-refractivity contribution in [2.24, 2.45) is 0 Å². The van der Waals surface area contributed by atoms with Gasteiger partial charge in [-0.25, -0.2) is 9.59 Å². The monoisotopic (exact) mass is 518 g/mol. The molecule has 2 aliphatic rings. The maximum atomic E-state index is 12.7. The lowest BCUT2D eigenvalue weighted by Crippen LogP contribution is -2.49. The molecule has 32 heavy (non-hydrogen) atoms. The van der Waals surface area contributed by atoms with Gasteiger partial charge in [-0.2, -0.15) is 4.98 Å². The van der Waals surface area contributed by atoms with Crippen LogP contribution in [0.25, 0.3) is 10.9 Å². The summed E-state index contributed by atoms with van der Waals surface area (Å²) in [4.78, 5) is 33.2. The number of nitrogens with zero attached hydrogens (tertiary/aromatic N) is 4. The first kappa shape index (κ1) is 21.1. The molecule has 10 heteroatoms. The molecule has 166 valence electrons. The third-order valence-corrected chi connectivity index (χ3v) is 7.01. The summed E-state index contributed by atoms with van der Waals surface area (Å²) in [5, 5.41) is 1.25. The predicted molar refractivity (Wildman–Crippen MR) is 125 cm³/mol. The summed E-state index contributed by atoms with van der Waals surface area (Å²) in [7, 11) is 0. The van der Waals surface area contributed by atoms with Crippen molar-refractivity contribution in [2.45, 2.75) is 13.2 Å². The number of amides is 1. The predicted octanol–water partition coefficient (Wildman–Crippen LogP) is 3.66. The topological polar surface area (TPSA) is 76.9 Å². The van der Waals surface area contributed by atoms with Crippen LogP contribution in [-0.2, 0) is 17.9 Å². The molecule has 0 radical (unpaired) electrons. The van der Waals surface area contributed by atoms with E-state index in [0.717, 1.165) is 10.9 Å². The second-order valence-electron chi connectivity index (χ2n) is 7.63. The lowest BCUT2D eigenvalue weighted by atomic mass is 10.1. The van der Waals surface area contributed by atoms with Crippen molar-refractivity contribution in [3.63, 3.8) is 0 Å². The number of ether oxygens (including phenoxy) is 2. The zero-order chi connectivity index (χ0) is 22.2. The SMILES string of the molecule is O=C(OCc1ccccc1)N1CCN(c2nc(=O)n3c4c(c(Br)c(Cl)cc24)OCC3)CC1. The lowest BCUT2D eigenvalue weighted by molar-refractivity contribution is 0.0941. The molecule has 1 saturated heterocycles. The number of halogens is 2. The Balaban J connectivity index is 1.35. The van der Waals surface area contributed by atoms with Crippen LogP contribution < -0.4 is 15.3 Å². The Bertz CT molecular complexity index is 1240. The zero-order valence-corrected chi connectivity index (χ0v) is 19.4. The Hall–Kier alpha value is -2.78. The van der Waals surface area contributed by atoms with Gasteiger partial charge in [-0.3, -0.25) is 4.57 Å². The van der Waals surface area contributed by atoms with E-state index in [1.807, 2.05) is 35.2 Å². The van der Waals surface area contributed by atoms with E-state index in [1.54, 1.807) is 15.5 Å². The van der Waals surface area contributed by atoms with E-state index in [4.69, 9.17) is 21.1 Å². The van der Waals surface area contributed by atoms with Crippen LogP contribution in [0.1, 0.15) is 5.56 Å². The van der Waals surface area contributed by atoms with E-state index in [9.17, 15) is 9.59 Å². The largest absolute Gasteiger partial charge is 0.488 e. The molecule has 5 rings (SSSR count). The van der Waals surface area contributed by atoms with Crippen LogP contribution in [0.3, 0.4) is 0 Å². The number of aromatic nitrogens is 2. The number of hydrogen-bond acceptors (Lipinski definition) is 6. The molecule has 0 aliphatic carbocycles. The van der Waals surface area contributed by atoms with E-state index in [2.05, 4.69) is 20.9 Å². The molecule has 2 aliphatic heterocycles. The average molecular weight is 520 g/mol. The maximum Gasteiger partial charge on any atom is 0.410 e. The highest BCUT2D eigenvalue weighted by Gasteiger charge is 2.28. The minimum absolute atomic E-state index is 0.237. The van der Waals surface area contributed by atoms with Crippen LogP contribution in [0.15, 0.2) is 45.7 Å². The Morgan fingerprint density at radius 3 is 2.66 bits per heavy atom. The summed E-state index contributed by atoms with van der Waals surface area (Å²) in [6, 6.07) is 11.4. The molecule has 1 amide bonds. The molecule has 3 heterocycles.